The predicted molar refractivity (Wildman–Crippen MR) is 426 cm³/mol. The maximum absolute atomic E-state index is 15.2. The first kappa shape index (κ1) is 98.2. The lowest BCUT2D eigenvalue weighted by Gasteiger charge is -2.42. The van der Waals surface area contributed by atoms with Crippen molar-refractivity contribution in [1.82, 2.24) is 61.0 Å². The van der Waals surface area contributed by atoms with Crippen LogP contribution in [0.4, 0.5) is 4.79 Å². The van der Waals surface area contributed by atoms with Gasteiger partial charge in [0.1, 0.15) is 42.9 Å². The molecule has 644 valence electrons. The Labute approximate surface area is 660 Å². The molecule has 113 heavy (non-hydrogen) atoms. The van der Waals surface area contributed by atoms with Crippen LogP contribution in [-0.2, 0) is 70.7 Å². The molecule has 30 N–H and O–H groups in total. The number of carbonyl (C=O) groups is 9. The SMILES string of the molecule is CC(=O)N[C@@H](CCCN=C(C)N)C(=O)N[C@@H](CCCN=C(N)N)C(=O)N[C@@H](CCCN=C(N)N)C(=O)N[C@@H](CCCN=C(N)N)C(=O)N[C@@H](CCCN=C(N)N)C(=O)N[C@@H](CCCN=C(N)N)C(=O)NCC(=O)N1C[C@@H](COP(=O)(C2C[C@@H](COP(=O)(N(C)C)N3CCN(C(=O)OCCO)CC3)O[C@@H](C)C2)N(C)C)O[C@@H](C)C1. The van der Waals surface area contributed by atoms with Gasteiger partial charge in [-0.1, -0.05) is 0 Å². The zero-order valence-electron chi connectivity index (χ0n) is 66.4. The monoisotopic (exact) mass is 1650 g/mol. The van der Waals surface area contributed by atoms with Gasteiger partial charge in [0.2, 0.25) is 47.3 Å². The van der Waals surface area contributed by atoms with Crippen molar-refractivity contribution in [3.63, 3.8) is 0 Å². The van der Waals surface area contributed by atoms with Gasteiger partial charge in [-0.3, -0.25) is 77.4 Å². The Morgan fingerprint density at radius 3 is 1.21 bits per heavy atom. The fourth-order valence-electron chi connectivity index (χ4n) is 12.3. The molecule has 46 nitrogen and oxygen atoms in total. The zero-order valence-corrected chi connectivity index (χ0v) is 68.2. The molecule has 13 atom stereocenters. The van der Waals surface area contributed by atoms with Gasteiger partial charge in [-0.2, -0.15) is 0 Å². The molecule has 3 fully saturated rings. The molecule has 0 radical (unpaired) electrons. The summed E-state index contributed by atoms with van der Waals surface area (Å²) in [7, 11) is -0.880. The fraction of sp³-hybridized carbons (Fsp3) is 0.769. The highest BCUT2D eigenvalue weighted by atomic mass is 31.2. The van der Waals surface area contributed by atoms with E-state index in [4.69, 9.17) is 91.4 Å². The van der Waals surface area contributed by atoms with E-state index in [1.165, 1.54) is 26.1 Å². The van der Waals surface area contributed by atoms with Gasteiger partial charge in [-0.15, -0.1) is 0 Å². The van der Waals surface area contributed by atoms with Crippen LogP contribution in [-0.4, -0.2) is 324 Å². The third-order valence-corrected chi connectivity index (χ3v) is 23.4. The number of hydrogen-bond donors (Lipinski definition) is 19. The highest BCUT2D eigenvalue weighted by Crippen LogP contribution is 2.59. The minimum Gasteiger partial charge on any atom is -0.447 e. The van der Waals surface area contributed by atoms with Crippen molar-refractivity contribution in [2.75, 3.05) is 140 Å². The van der Waals surface area contributed by atoms with E-state index in [2.05, 4.69) is 67.2 Å². The third kappa shape index (κ3) is 37.2. The maximum atomic E-state index is 15.2. The summed E-state index contributed by atoms with van der Waals surface area (Å²) in [6, 6.07) is -8.37. The van der Waals surface area contributed by atoms with Crippen molar-refractivity contribution in [2.45, 2.75) is 184 Å². The number of aliphatic hydroxyl groups excluding tert-OH is 1. The number of nitrogens with zero attached hydrogens (tertiary/aromatic N) is 11. The minimum atomic E-state index is -3.73. The molecule has 0 aromatic rings. The second-order valence-corrected chi connectivity index (χ2v) is 33.4. The summed E-state index contributed by atoms with van der Waals surface area (Å²) in [4.78, 5) is 153. The molecule has 3 rings (SSSR count). The van der Waals surface area contributed by atoms with Gasteiger partial charge < -0.3 is 138 Å². The molecule has 3 unspecified atom stereocenters. The van der Waals surface area contributed by atoms with Crippen LogP contribution >= 0.6 is 15.2 Å². The Kier molecular flexibility index (Phi) is 44.3. The molecule has 0 bridgehead atoms. The van der Waals surface area contributed by atoms with Gasteiger partial charge in [0.25, 0.3) is 7.52 Å². The molecule has 9 amide bonds. The molecule has 3 aliphatic rings. The van der Waals surface area contributed by atoms with Crippen LogP contribution < -0.4 is 100 Å². The Hall–Kier alpha value is -9.01. The molecule has 3 heterocycles. The number of amidine groups is 1. The summed E-state index contributed by atoms with van der Waals surface area (Å²) in [5.74, 6) is -7.27. The molecule has 0 saturated carbocycles. The van der Waals surface area contributed by atoms with E-state index >= 15 is 4.57 Å². The van der Waals surface area contributed by atoms with Gasteiger partial charge in [-0.25, -0.2) is 18.8 Å². The van der Waals surface area contributed by atoms with Crippen LogP contribution in [0, 0.1) is 0 Å². The summed E-state index contributed by atoms with van der Waals surface area (Å²) in [6.07, 6.45) is -2.33. The molecule has 0 aromatic carbocycles. The summed E-state index contributed by atoms with van der Waals surface area (Å²) in [5, 5.41) is 27.7. The van der Waals surface area contributed by atoms with Gasteiger partial charge in [-0.05, 0) is 139 Å². The highest BCUT2D eigenvalue weighted by Gasteiger charge is 2.46. The predicted octanol–water partition coefficient (Wildman–Crippen LogP) is -6.79. The van der Waals surface area contributed by atoms with Gasteiger partial charge in [0.05, 0.1) is 62.3 Å². The van der Waals surface area contributed by atoms with Crippen LogP contribution in [0.1, 0.15) is 118 Å². The molecule has 0 aliphatic carbocycles. The number of amides is 9. The van der Waals surface area contributed by atoms with Gasteiger partial charge in [0, 0.05) is 85.5 Å². The van der Waals surface area contributed by atoms with E-state index in [-0.39, 0.29) is 212 Å². The zero-order chi connectivity index (χ0) is 84.5. The number of piperazine rings is 1. The molecule has 3 saturated heterocycles. The van der Waals surface area contributed by atoms with E-state index in [1.807, 2.05) is 6.92 Å². The van der Waals surface area contributed by atoms with E-state index in [0.29, 0.717) is 18.7 Å². The van der Waals surface area contributed by atoms with Crippen LogP contribution in [0.25, 0.3) is 0 Å². The Morgan fingerprint density at radius 1 is 0.478 bits per heavy atom. The van der Waals surface area contributed by atoms with Crippen molar-refractivity contribution in [3.8, 4) is 0 Å². The maximum Gasteiger partial charge on any atom is 0.409 e. The summed E-state index contributed by atoms with van der Waals surface area (Å²) < 4.78 is 64.5. The Bertz CT molecular complexity index is 3340. The molecular formula is C65H127N29O17P2. The van der Waals surface area contributed by atoms with E-state index in [1.54, 1.807) is 46.7 Å². The number of aliphatic imine (C=N–C) groups is 6. The number of nitrogens with one attached hydrogen (secondary N) is 7. The van der Waals surface area contributed by atoms with Crippen molar-refractivity contribution in [3.05, 3.63) is 0 Å². The molecule has 48 heteroatoms. The molecule has 0 spiro atoms. The first-order chi connectivity index (χ1) is 53.3. The van der Waals surface area contributed by atoms with Crippen molar-refractivity contribution in [2.24, 2.45) is 93.0 Å². The highest BCUT2D eigenvalue weighted by molar-refractivity contribution is 7.57. The number of rotatable bonds is 50. The average molecular weight is 1650 g/mol. The van der Waals surface area contributed by atoms with Crippen molar-refractivity contribution >= 4 is 104 Å². The van der Waals surface area contributed by atoms with E-state index < -0.39 is 141 Å². The lowest BCUT2D eigenvalue weighted by Crippen LogP contribution is -2.60. The average Bonchev–Trinajstić information content (AvgIpc) is 0.795. The first-order valence-electron chi connectivity index (χ1n) is 37.6. The summed E-state index contributed by atoms with van der Waals surface area (Å²) >= 11 is 0. The Morgan fingerprint density at radius 2 is 0.850 bits per heavy atom. The standard InChI is InChI=1S/C65H127N29O17P2/c1-40-33-46(34-44(110-40)38-109-113(106,91(7)8)94-29-27-92(28-30-94)65(104)107-32-31-95)112(105,90(5)6)108-39-45-37-93(36-41(2)111-45)53(97)35-83-54(98)47(15-10-22-78-60(67)68)85-56(100)49(17-11-23-79-61(69)70)87-58(102)51(19-13-25-81-63(73)74)89-59(103)52(20-14-26-82-64(75)76)88-57(101)50(18-12-24-80-62(71)72)86-55(99)48(84-43(4)96)16-9-21-77-42(3)66/h40-41,44-52,95H,9-39H2,1-8H3,(H2,66,77)(H,83,98)(H,84,96)(H,85,100)(H,86,99)(H,87,102)(H,88,101)(H,89,103)(H4,67,68,78)(H4,69,70,79)(H4,71,72,80)(H4,73,74,81)(H4,75,76,82)/t40-,41-,44-,45-,46?,47-,48-,49-,50-,51-,52-,112?,113?/m0/s1. The largest absolute Gasteiger partial charge is 0.447 e. The van der Waals surface area contributed by atoms with Gasteiger partial charge in [0.15, 0.2) is 29.8 Å². The third-order valence-electron chi connectivity index (χ3n) is 17.8. The minimum absolute atomic E-state index is 0.00384. The number of carbonyl (C=O) groups excluding carboxylic acids is 9. The van der Waals surface area contributed by atoms with Crippen LogP contribution in [0.15, 0.2) is 30.0 Å². The molecule has 0 aromatic heterocycles. The molecular weight excluding hydrogens is 1520 g/mol. The lowest BCUT2D eigenvalue weighted by atomic mass is 10.0. The van der Waals surface area contributed by atoms with Crippen LogP contribution in [0.2, 0.25) is 0 Å². The number of hydrogen-bond acceptors (Lipinski definition) is 23. The topological polar surface area (TPSA) is 715 Å². The van der Waals surface area contributed by atoms with Crippen LogP contribution in [0.3, 0.4) is 0 Å². The second-order valence-electron chi connectivity index (χ2n) is 27.9. The quantitative estimate of drug-likeness (QED) is 0.0116. The first-order valence-corrected chi connectivity index (χ1v) is 40.8. The Balaban J connectivity index is 1.91. The lowest BCUT2D eigenvalue weighted by molar-refractivity contribution is -0.146. The van der Waals surface area contributed by atoms with E-state index in [0.717, 1.165) is 0 Å². The number of nitrogens with two attached hydrogens (primary N) is 11. The van der Waals surface area contributed by atoms with E-state index in [9.17, 15) is 47.7 Å². The van der Waals surface area contributed by atoms with Crippen LogP contribution in [0.5, 0.6) is 0 Å². The normalized spacial score (nSPS) is 20.0. The summed E-state index contributed by atoms with van der Waals surface area (Å²) in [6.45, 7) is 6.02. The molecule has 3 aliphatic heterocycles. The van der Waals surface area contributed by atoms with Gasteiger partial charge >= 0.3 is 13.8 Å². The van der Waals surface area contributed by atoms with Crippen molar-refractivity contribution < 1.29 is 80.6 Å². The smallest absolute Gasteiger partial charge is 0.409 e. The second kappa shape index (κ2) is 51.0. The van der Waals surface area contributed by atoms with Crippen molar-refractivity contribution in [1.29, 1.82) is 0 Å². The number of ether oxygens (including phenoxy) is 3. The number of morpholine rings is 1. The number of guanidine groups is 5. The fourth-order valence-corrected chi connectivity index (χ4v) is 16.8. The number of aliphatic hydroxyl groups is 1. The summed E-state index contributed by atoms with van der Waals surface area (Å²) in [5.41, 5.74) is 61.2.